The summed E-state index contributed by atoms with van der Waals surface area (Å²) in [4.78, 5) is 12.1. The second-order valence-corrected chi connectivity index (χ2v) is 5.98. The fraction of sp³-hybridized carbons (Fsp3) is 0.250. The highest BCUT2D eigenvalue weighted by molar-refractivity contribution is 6.31. The lowest BCUT2D eigenvalue weighted by Crippen LogP contribution is -2.21. The molecule has 0 bridgehead atoms. The Hall–Kier alpha value is -2.66. The number of ether oxygens (including phenoxy) is 3. The number of halogens is 1. The second-order valence-electron chi connectivity index (χ2n) is 5.57. The fourth-order valence-corrected chi connectivity index (χ4v) is 2.56. The van der Waals surface area contributed by atoms with Gasteiger partial charge in [-0.05, 0) is 30.2 Å². The molecule has 2 aromatic carbocycles. The van der Waals surface area contributed by atoms with Crippen LogP contribution < -0.4 is 19.5 Å². The van der Waals surface area contributed by atoms with Crippen molar-refractivity contribution in [2.75, 3.05) is 21.3 Å². The topological polar surface area (TPSA) is 56.8 Å². The number of rotatable bonds is 7. The van der Waals surface area contributed by atoms with Crippen molar-refractivity contribution in [2.45, 2.75) is 13.5 Å². The van der Waals surface area contributed by atoms with E-state index in [0.717, 1.165) is 16.7 Å². The summed E-state index contributed by atoms with van der Waals surface area (Å²) in [7, 11) is 4.68. The lowest BCUT2D eigenvalue weighted by atomic mass is 10.1. The number of carbonyl (C=O) groups excluding carboxylic acids is 1. The van der Waals surface area contributed by atoms with Gasteiger partial charge in [0.15, 0.2) is 0 Å². The maximum absolute atomic E-state index is 12.1. The van der Waals surface area contributed by atoms with Crippen LogP contribution in [0.3, 0.4) is 0 Å². The molecule has 0 atom stereocenters. The van der Waals surface area contributed by atoms with Crippen molar-refractivity contribution >= 4 is 23.6 Å². The van der Waals surface area contributed by atoms with Crippen LogP contribution in [0.25, 0.3) is 6.08 Å². The van der Waals surface area contributed by atoms with Crippen LogP contribution in [-0.2, 0) is 11.3 Å². The van der Waals surface area contributed by atoms with Crippen molar-refractivity contribution in [1.82, 2.24) is 5.32 Å². The van der Waals surface area contributed by atoms with E-state index in [-0.39, 0.29) is 12.5 Å². The standard InChI is InChI=1S/C20H22ClNO4/c1-13-5-6-14(9-17(13)21)7-8-20(23)22-12-16-18(25-3)10-15(24-2)11-19(16)26-4/h5-11H,12H2,1-4H3,(H,22,23). The monoisotopic (exact) mass is 375 g/mol. The van der Waals surface area contributed by atoms with Gasteiger partial charge in [-0.3, -0.25) is 4.79 Å². The molecule has 0 saturated heterocycles. The van der Waals surface area contributed by atoms with E-state index in [1.165, 1.54) is 6.08 Å². The van der Waals surface area contributed by atoms with Crippen molar-refractivity contribution in [3.63, 3.8) is 0 Å². The fourth-order valence-electron chi connectivity index (χ4n) is 2.37. The van der Waals surface area contributed by atoms with Crippen LogP contribution >= 0.6 is 11.6 Å². The van der Waals surface area contributed by atoms with Crippen LogP contribution in [0.1, 0.15) is 16.7 Å². The van der Waals surface area contributed by atoms with Gasteiger partial charge in [0.25, 0.3) is 0 Å². The third kappa shape index (κ3) is 4.92. The number of nitrogens with one attached hydrogen (secondary N) is 1. The summed E-state index contributed by atoms with van der Waals surface area (Å²) in [5, 5.41) is 3.49. The van der Waals surface area contributed by atoms with Crippen molar-refractivity contribution in [1.29, 1.82) is 0 Å². The molecule has 2 aromatic rings. The van der Waals surface area contributed by atoms with Crippen LogP contribution in [0.15, 0.2) is 36.4 Å². The largest absolute Gasteiger partial charge is 0.496 e. The number of hydrogen-bond donors (Lipinski definition) is 1. The highest BCUT2D eigenvalue weighted by Gasteiger charge is 2.13. The van der Waals surface area contributed by atoms with E-state index >= 15 is 0 Å². The van der Waals surface area contributed by atoms with Gasteiger partial charge in [-0.1, -0.05) is 23.7 Å². The summed E-state index contributed by atoms with van der Waals surface area (Å²) in [6, 6.07) is 9.12. The smallest absolute Gasteiger partial charge is 0.244 e. The van der Waals surface area contributed by atoms with Gasteiger partial charge in [-0.2, -0.15) is 0 Å². The van der Waals surface area contributed by atoms with E-state index in [4.69, 9.17) is 25.8 Å². The van der Waals surface area contributed by atoms with Gasteiger partial charge in [0.05, 0.1) is 33.4 Å². The zero-order chi connectivity index (χ0) is 19.1. The van der Waals surface area contributed by atoms with E-state index < -0.39 is 0 Å². The molecule has 0 aromatic heterocycles. The van der Waals surface area contributed by atoms with Crippen LogP contribution in [0, 0.1) is 6.92 Å². The van der Waals surface area contributed by atoms with Gasteiger partial charge < -0.3 is 19.5 Å². The van der Waals surface area contributed by atoms with Crippen molar-refractivity contribution < 1.29 is 19.0 Å². The maximum Gasteiger partial charge on any atom is 0.244 e. The van der Waals surface area contributed by atoms with Gasteiger partial charge in [-0.25, -0.2) is 0 Å². The van der Waals surface area contributed by atoms with Crippen molar-refractivity contribution in [3.8, 4) is 17.2 Å². The van der Waals surface area contributed by atoms with Crippen molar-refractivity contribution in [3.05, 3.63) is 58.1 Å². The molecule has 0 aliphatic heterocycles. The molecule has 0 aliphatic carbocycles. The molecule has 0 unspecified atom stereocenters. The summed E-state index contributed by atoms with van der Waals surface area (Å²) in [6.45, 7) is 2.19. The van der Waals surface area contributed by atoms with Crippen molar-refractivity contribution in [2.24, 2.45) is 0 Å². The average molecular weight is 376 g/mol. The number of carbonyl (C=O) groups is 1. The maximum atomic E-state index is 12.1. The molecule has 0 spiro atoms. The predicted octanol–water partition coefficient (Wildman–Crippen LogP) is 4.00. The minimum absolute atomic E-state index is 0.235. The Bertz CT molecular complexity index is 792. The molecule has 6 heteroatoms. The highest BCUT2D eigenvalue weighted by atomic mass is 35.5. The van der Waals surface area contributed by atoms with Crippen LogP contribution in [0.4, 0.5) is 0 Å². The van der Waals surface area contributed by atoms with Crippen LogP contribution in [0.2, 0.25) is 5.02 Å². The van der Waals surface area contributed by atoms with Gasteiger partial charge in [0.1, 0.15) is 17.2 Å². The predicted molar refractivity (Wildman–Crippen MR) is 103 cm³/mol. The Balaban J connectivity index is 2.09. The molecule has 2 rings (SSSR count). The molecular weight excluding hydrogens is 354 g/mol. The van der Waals surface area contributed by atoms with E-state index in [0.29, 0.717) is 22.3 Å². The number of aryl methyl sites for hydroxylation is 1. The van der Waals surface area contributed by atoms with E-state index in [9.17, 15) is 4.79 Å². The summed E-state index contributed by atoms with van der Waals surface area (Å²) in [5.74, 6) is 1.54. The number of hydrogen-bond acceptors (Lipinski definition) is 4. The van der Waals surface area contributed by atoms with E-state index in [1.807, 2.05) is 25.1 Å². The molecule has 0 fully saturated rings. The first-order chi connectivity index (χ1) is 12.5. The van der Waals surface area contributed by atoms with E-state index in [1.54, 1.807) is 39.5 Å². The van der Waals surface area contributed by atoms with Gasteiger partial charge in [0, 0.05) is 23.2 Å². The number of methoxy groups -OCH3 is 3. The second kappa shape index (κ2) is 9.15. The molecule has 1 N–H and O–H groups in total. The summed E-state index contributed by atoms with van der Waals surface area (Å²) < 4.78 is 16.0. The first-order valence-corrected chi connectivity index (χ1v) is 8.37. The lowest BCUT2D eigenvalue weighted by molar-refractivity contribution is -0.116. The highest BCUT2D eigenvalue weighted by Crippen LogP contribution is 2.33. The first-order valence-electron chi connectivity index (χ1n) is 7.99. The number of benzene rings is 2. The molecule has 0 heterocycles. The quantitative estimate of drug-likeness (QED) is 0.743. The Kier molecular flexibility index (Phi) is 6.92. The van der Waals surface area contributed by atoms with E-state index in [2.05, 4.69) is 5.32 Å². The summed E-state index contributed by atoms with van der Waals surface area (Å²) >= 11 is 6.09. The first kappa shape index (κ1) is 19.7. The minimum Gasteiger partial charge on any atom is -0.496 e. The van der Waals surface area contributed by atoms with Crippen LogP contribution in [0.5, 0.6) is 17.2 Å². The Morgan fingerprint density at radius 3 is 2.27 bits per heavy atom. The molecule has 138 valence electrons. The minimum atomic E-state index is -0.235. The zero-order valence-corrected chi connectivity index (χ0v) is 16.0. The lowest BCUT2D eigenvalue weighted by Gasteiger charge is -2.15. The molecule has 26 heavy (non-hydrogen) atoms. The average Bonchev–Trinajstić information content (AvgIpc) is 2.66. The SMILES string of the molecule is COc1cc(OC)c(CNC(=O)C=Cc2ccc(C)c(Cl)c2)c(OC)c1. The Morgan fingerprint density at radius 1 is 1.08 bits per heavy atom. The Labute approximate surface area is 158 Å². The normalized spacial score (nSPS) is 10.7. The van der Waals surface area contributed by atoms with Gasteiger partial charge >= 0.3 is 0 Å². The van der Waals surface area contributed by atoms with Gasteiger partial charge in [0.2, 0.25) is 5.91 Å². The molecule has 5 nitrogen and oxygen atoms in total. The third-order valence-electron chi connectivity index (χ3n) is 3.88. The summed E-state index contributed by atoms with van der Waals surface area (Å²) in [5.41, 5.74) is 2.58. The van der Waals surface area contributed by atoms with Gasteiger partial charge in [-0.15, -0.1) is 0 Å². The zero-order valence-electron chi connectivity index (χ0n) is 15.3. The Morgan fingerprint density at radius 2 is 1.73 bits per heavy atom. The molecular formula is C20H22ClNO4. The number of amides is 1. The third-order valence-corrected chi connectivity index (χ3v) is 4.29. The molecule has 0 saturated carbocycles. The molecule has 0 radical (unpaired) electrons. The molecule has 0 aliphatic rings. The van der Waals surface area contributed by atoms with Crippen LogP contribution in [-0.4, -0.2) is 27.2 Å². The summed E-state index contributed by atoms with van der Waals surface area (Å²) in [6.07, 6.45) is 3.17. The molecule has 1 amide bonds.